The number of alkyl halides is 3. The summed E-state index contributed by atoms with van der Waals surface area (Å²) in [4.78, 5) is 28.1. The third kappa shape index (κ3) is 8.87. The maximum Gasteiger partial charge on any atom is 0.416 e. The van der Waals surface area contributed by atoms with Gasteiger partial charge in [-0.25, -0.2) is 8.42 Å². The fourth-order valence-electron chi connectivity index (χ4n) is 4.09. The summed E-state index contributed by atoms with van der Waals surface area (Å²) in [5, 5.41) is 3.33. The summed E-state index contributed by atoms with van der Waals surface area (Å²) in [5.41, 5.74) is -0.951. The van der Waals surface area contributed by atoms with Crippen LogP contribution in [0, 0.1) is 6.92 Å². The van der Waals surface area contributed by atoms with E-state index in [0.29, 0.717) is 21.0 Å². The molecule has 3 rings (SSSR count). The predicted octanol–water partition coefficient (Wildman–Crippen LogP) is 6.85. The lowest BCUT2D eigenvalue weighted by molar-refractivity contribution is -0.140. The molecule has 0 saturated heterocycles. The van der Waals surface area contributed by atoms with Gasteiger partial charge in [-0.1, -0.05) is 53.0 Å². The predicted molar refractivity (Wildman–Crippen MR) is 162 cm³/mol. The molecule has 1 atom stereocenters. The number of anilines is 1. The number of nitrogens with one attached hydrogen (secondary N) is 1. The van der Waals surface area contributed by atoms with E-state index in [-0.39, 0.29) is 22.2 Å². The van der Waals surface area contributed by atoms with Gasteiger partial charge >= 0.3 is 6.18 Å². The van der Waals surface area contributed by atoms with Crippen LogP contribution in [0.4, 0.5) is 18.9 Å². The number of benzene rings is 3. The van der Waals surface area contributed by atoms with E-state index in [1.54, 1.807) is 39.8 Å². The lowest BCUT2D eigenvalue weighted by Gasteiger charge is -2.33. The van der Waals surface area contributed by atoms with Crippen molar-refractivity contribution in [1.82, 2.24) is 10.2 Å². The van der Waals surface area contributed by atoms with Gasteiger partial charge in [-0.3, -0.25) is 13.9 Å². The van der Waals surface area contributed by atoms with Crippen molar-refractivity contribution in [2.45, 2.75) is 63.8 Å². The average Bonchev–Trinajstić information content (AvgIpc) is 2.89. The molecule has 1 N–H and O–H groups in total. The fraction of sp³-hybridized carbons (Fsp3) is 0.333. The van der Waals surface area contributed by atoms with Crippen LogP contribution >= 0.6 is 23.2 Å². The number of aryl methyl sites for hydroxylation is 1. The molecule has 232 valence electrons. The van der Waals surface area contributed by atoms with Crippen LogP contribution in [0.3, 0.4) is 0 Å². The SMILES string of the molecule is Cc1ccc(S(=O)(=O)N(CC(=O)N(Cc2ccc(Cl)cc2Cl)C(C)C(=O)NC(C)(C)C)c2cccc(C(F)(F)F)c2)cc1. The van der Waals surface area contributed by atoms with Crippen molar-refractivity contribution >= 4 is 50.7 Å². The number of halogens is 5. The van der Waals surface area contributed by atoms with Crippen molar-refractivity contribution in [3.63, 3.8) is 0 Å². The lowest BCUT2D eigenvalue weighted by atomic mass is 10.1. The molecule has 43 heavy (non-hydrogen) atoms. The molecule has 0 aliphatic heterocycles. The topological polar surface area (TPSA) is 86.8 Å². The smallest absolute Gasteiger partial charge is 0.350 e. The molecule has 3 aromatic rings. The van der Waals surface area contributed by atoms with E-state index < -0.39 is 51.7 Å². The van der Waals surface area contributed by atoms with E-state index >= 15 is 0 Å². The molecule has 0 heterocycles. The van der Waals surface area contributed by atoms with Crippen molar-refractivity contribution in [3.8, 4) is 0 Å². The van der Waals surface area contributed by atoms with Gasteiger partial charge in [-0.15, -0.1) is 0 Å². The standard InChI is InChI=1S/C30H32Cl2F3N3O4S/c1-19-9-13-25(14-10-19)43(41,42)38(24-8-6-7-22(15-24)30(33,34)35)18-27(39)37(20(2)28(40)36-29(3,4)5)17-21-11-12-23(31)16-26(21)32/h6-16,20H,17-18H2,1-5H3,(H,36,40). The van der Waals surface area contributed by atoms with Crippen LogP contribution in [-0.4, -0.2) is 43.3 Å². The van der Waals surface area contributed by atoms with E-state index in [9.17, 15) is 31.2 Å². The Balaban J connectivity index is 2.12. The number of amides is 2. The second-order valence-corrected chi connectivity index (χ2v) is 13.8. The molecule has 0 aliphatic carbocycles. The lowest BCUT2D eigenvalue weighted by Crippen LogP contribution is -2.54. The molecule has 2 amide bonds. The van der Waals surface area contributed by atoms with E-state index in [1.807, 2.05) is 0 Å². The summed E-state index contributed by atoms with van der Waals surface area (Å²) in [6, 6.07) is 12.8. The third-order valence-corrected chi connectivity index (χ3v) is 8.75. The van der Waals surface area contributed by atoms with E-state index in [1.165, 1.54) is 43.3 Å². The summed E-state index contributed by atoms with van der Waals surface area (Å²) in [6.07, 6.45) is -4.77. The van der Waals surface area contributed by atoms with Crippen LogP contribution in [-0.2, 0) is 32.3 Å². The van der Waals surface area contributed by atoms with Crippen molar-refractivity contribution in [3.05, 3.63) is 93.5 Å². The van der Waals surface area contributed by atoms with Gasteiger partial charge in [0.2, 0.25) is 11.8 Å². The molecular formula is C30H32Cl2F3N3O4S. The minimum atomic E-state index is -4.77. The highest BCUT2D eigenvalue weighted by Crippen LogP contribution is 2.33. The summed E-state index contributed by atoms with van der Waals surface area (Å²) in [7, 11) is -4.55. The maximum atomic E-state index is 14.0. The Morgan fingerprint density at radius 2 is 1.58 bits per heavy atom. The first-order chi connectivity index (χ1) is 19.8. The zero-order valence-corrected chi connectivity index (χ0v) is 26.5. The first kappa shape index (κ1) is 34.2. The quantitative estimate of drug-likeness (QED) is 0.273. The molecule has 0 fully saturated rings. The van der Waals surface area contributed by atoms with Crippen molar-refractivity contribution in [2.75, 3.05) is 10.8 Å². The molecule has 0 aliphatic rings. The molecule has 3 aromatic carbocycles. The highest BCUT2D eigenvalue weighted by atomic mass is 35.5. The first-order valence-corrected chi connectivity index (χ1v) is 15.3. The number of hydrogen-bond acceptors (Lipinski definition) is 4. The van der Waals surface area contributed by atoms with Gasteiger partial charge in [-0.05, 0) is 82.6 Å². The maximum absolute atomic E-state index is 14.0. The zero-order valence-electron chi connectivity index (χ0n) is 24.2. The summed E-state index contributed by atoms with van der Waals surface area (Å²) in [6.45, 7) is 7.35. The second kappa shape index (κ2) is 13.2. The summed E-state index contributed by atoms with van der Waals surface area (Å²) >= 11 is 12.4. The van der Waals surface area contributed by atoms with Gasteiger partial charge in [0.05, 0.1) is 16.1 Å². The molecule has 13 heteroatoms. The molecule has 7 nitrogen and oxygen atoms in total. The number of carbonyl (C=O) groups excluding carboxylic acids is 2. The monoisotopic (exact) mass is 657 g/mol. The van der Waals surface area contributed by atoms with Gasteiger partial charge in [0.1, 0.15) is 12.6 Å². The van der Waals surface area contributed by atoms with E-state index in [0.717, 1.165) is 22.6 Å². The van der Waals surface area contributed by atoms with Gasteiger partial charge in [0.15, 0.2) is 0 Å². The first-order valence-electron chi connectivity index (χ1n) is 13.1. The molecule has 0 aromatic heterocycles. The molecular weight excluding hydrogens is 626 g/mol. The van der Waals surface area contributed by atoms with Crippen LogP contribution in [0.2, 0.25) is 10.0 Å². The van der Waals surface area contributed by atoms with Crippen LogP contribution in [0.15, 0.2) is 71.6 Å². The Hall–Kier alpha value is -3.28. The van der Waals surface area contributed by atoms with Gasteiger partial charge in [-0.2, -0.15) is 13.2 Å². The summed E-state index contributed by atoms with van der Waals surface area (Å²) in [5.74, 6) is -1.38. The van der Waals surface area contributed by atoms with Crippen LogP contribution in [0.25, 0.3) is 0 Å². The molecule has 0 radical (unpaired) electrons. The van der Waals surface area contributed by atoms with Crippen molar-refractivity contribution in [2.24, 2.45) is 0 Å². The summed E-state index contributed by atoms with van der Waals surface area (Å²) < 4.78 is 69.2. The van der Waals surface area contributed by atoms with Crippen molar-refractivity contribution < 1.29 is 31.2 Å². The van der Waals surface area contributed by atoms with Crippen LogP contribution in [0.1, 0.15) is 44.4 Å². The van der Waals surface area contributed by atoms with Crippen LogP contribution < -0.4 is 9.62 Å². The molecule has 1 unspecified atom stereocenters. The number of rotatable bonds is 9. The number of nitrogens with zero attached hydrogens (tertiary/aromatic N) is 2. The van der Waals surface area contributed by atoms with Crippen molar-refractivity contribution in [1.29, 1.82) is 0 Å². The zero-order chi connectivity index (χ0) is 32.3. The Bertz CT molecular complexity index is 1590. The van der Waals surface area contributed by atoms with Gasteiger partial charge < -0.3 is 10.2 Å². The average molecular weight is 659 g/mol. The molecule has 0 spiro atoms. The number of carbonyl (C=O) groups is 2. The normalized spacial score (nSPS) is 12.9. The fourth-order valence-corrected chi connectivity index (χ4v) is 5.97. The van der Waals surface area contributed by atoms with E-state index in [2.05, 4.69) is 5.32 Å². The highest BCUT2D eigenvalue weighted by molar-refractivity contribution is 7.92. The Labute approximate surface area is 259 Å². The van der Waals surface area contributed by atoms with Gasteiger partial charge in [0, 0.05) is 22.1 Å². The molecule has 0 bridgehead atoms. The van der Waals surface area contributed by atoms with E-state index in [4.69, 9.17) is 23.2 Å². The van der Waals surface area contributed by atoms with Gasteiger partial charge in [0.25, 0.3) is 10.0 Å². The number of sulfonamides is 1. The Morgan fingerprint density at radius 3 is 2.14 bits per heavy atom. The largest absolute Gasteiger partial charge is 0.416 e. The Morgan fingerprint density at radius 1 is 0.953 bits per heavy atom. The van der Waals surface area contributed by atoms with Crippen LogP contribution in [0.5, 0.6) is 0 Å². The molecule has 0 saturated carbocycles. The minimum absolute atomic E-state index is 0.204. The minimum Gasteiger partial charge on any atom is -0.350 e. The second-order valence-electron chi connectivity index (χ2n) is 11.0. The third-order valence-electron chi connectivity index (χ3n) is 6.37. The Kier molecular flexibility index (Phi) is 10.5. The number of hydrogen-bond donors (Lipinski definition) is 1. The highest BCUT2D eigenvalue weighted by Gasteiger charge is 2.36.